The topological polar surface area (TPSA) is 0 Å². The van der Waals surface area contributed by atoms with Gasteiger partial charge in [-0.3, -0.25) is 0 Å². The first-order valence-electron chi connectivity index (χ1n) is 3.12. The minimum atomic E-state index is 0. The molecule has 0 aliphatic carbocycles. The second-order valence-corrected chi connectivity index (χ2v) is 2.87. The molecule has 0 spiro atoms. The Labute approximate surface area is 54.4 Å². The molecule has 0 bridgehead atoms. The first kappa shape index (κ1) is 7.00. The van der Waals surface area contributed by atoms with E-state index >= 15 is 0 Å². The highest BCUT2D eigenvalue weighted by Gasteiger charge is 2.09. The van der Waals surface area contributed by atoms with Gasteiger partial charge in [0.05, 0.1) is 0 Å². The van der Waals surface area contributed by atoms with Gasteiger partial charge in [0.15, 0.2) is 0 Å². The van der Waals surface area contributed by atoms with Gasteiger partial charge in [0.25, 0.3) is 0 Å². The van der Waals surface area contributed by atoms with Crippen LogP contribution >= 0.6 is 0 Å². The van der Waals surface area contributed by atoms with E-state index in [1.54, 1.807) is 0 Å². The lowest BCUT2D eigenvalue weighted by Crippen LogP contribution is -2.05. The van der Waals surface area contributed by atoms with Crippen LogP contribution < -0.4 is 0 Å². The Morgan fingerprint density at radius 3 is 1.43 bits per heavy atom. The molecule has 0 heteroatoms. The second-order valence-electron chi connectivity index (χ2n) is 2.87. The van der Waals surface area contributed by atoms with Crippen molar-refractivity contribution in [1.82, 2.24) is 0 Å². The van der Waals surface area contributed by atoms with Crippen molar-refractivity contribution in [2.24, 2.45) is 5.41 Å². The van der Waals surface area contributed by atoms with Gasteiger partial charge in [-0.1, -0.05) is 40.5 Å². The second kappa shape index (κ2) is 2.34. The Balaban J connectivity index is -0.0000000180. The van der Waals surface area contributed by atoms with Gasteiger partial charge in [-0.15, -0.1) is 0 Å². The summed E-state index contributed by atoms with van der Waals surface area (Å²) < 4.78 is 0. The number of hydrogen-bond donors (Lipinski definition) is 0. The highest BCUT2D eigenvalue weighted by Crippen LogP contribution is 2.22. The maximum Gasteiger partial charge on any atom is 0 e. The van der Waals surface area contributed by atoms with Crippen LogP contribution in [0.1, 0.15) is 47.7 Å². The van der Waals surface area contributed by atoms with Gasteiger partial charge < -0.3 is 0 Å². The van der Waals surface area contributed by atoms with E-state index in [4.69, 9.17) is 0 Å². The third-order valence-electron chi connectivity index (χ3n) is 1.91. The molecule has 0 saturated carbocycles. The summed E-state index contributed by atoms with van der Waals surface area (Å²) in [6.07, 6.45) is 2.59. The van der Waals surface area contributed by atoms with Crippen LogP contribution in [0.3, 0.4) is 0 Å². The zero-order valence-electron chi connectivity index (χ0n) is 5.91. The molecule has 0 rings (SSSR count). The van der Waals surface area contributed by atoms with Crippen molar-refractivity contribution in [1.29, 1.82) is 0 Å². The van der Waals surface area contributed by atoms with Gasteiger partial charge in [0.1, 0.15) is 0 Å². The van der Waals surface area contributed by atoms with E-state index in [1.165, 1.54) is 12.8 Å². The van der Waals surface area contributed by atoms with Gasteiger partial charge in [0, 0.05) is 7.13 Å². The van der Waals surface area contributed by atoms with E-state index in [0.717, 1.165) is 0 Å². The Morgan fingerprint density at radius 1 is 1.14 bits per heavy atom. The molecule has 54 valence electrons. The molecule has 0 saturated heterocycles. The van der Waals surface area contributed by atoms with Gasteiger partial charge in [-0.05, 0) is 5.41 Å². The minimum Gasteiger partial charge on any atom is -0.0649 e. The third kappa shape index (κ3) is 2.67. The van der Waals surface area contributed by atoms with Crippen LogP contribution in [0.2, 0.25) is 0 Å². The van der Waals surface area contributed by atoms with Gasteiger partial charge in [0.2, 0.25) is 0 Å². The van der Waals surface area contributed by atoms with Crippen molar-refractivity contribution in [3.8, 4) is 0 Å². The molecule has 0 N–H and O–H groups in total. The molecule has 0 radical (unpaired) electrons. The zero-order valence-corrected chi connectivity index (χ0v) is 5.91. The maximum atomic E-state index is 2.30. The lowest BCUT2D eigenvalue weighted by atomic mass is 9.88. The van der Waals surface area contributed by atoms with Gasteiger partial charge in [-0.25, -0.2) is 0 Å². The number of hydrogen-bond acceptors (Lipinski definition) is 0. The van der Waals surface area contributed by atoms with Crippen molar-refractivity contribution < 1.29 is 7.13 Å². The first-order chi connectivity index (χ1) is 3.12. The van der Waals surface area contributed by atoms with Crippen LogP contribution in [0.25, 0.3) is 0 Å². The fraction of sp³-hybridized carbons (Fsp3) is 1.00. The lowest BCUT2D eigenvalue weighted by molar-refractivity contribution is 0.338. The third-order valence-corrected chi connectivity index (χ3v) is 1.91. The molecule has 0 aliphatic heterocycles. The van der Waals surface area contributed by atoms with E-state index in [0.29, 0.717) is 5.41 Å². The summed E-state index contributed by atoms with van der Waals surface area (Å²) >= 11 is 0. The van der Waals surface area contributed by atoms with E-state index in [-0.39, 0.29) is 7.13 Å². The molecular formula is C7H26. The maximum absolute atomic E-state index is 2.30. The van der Waals surface area contributed by atoms with Crippen molar-refractivity contribution in [2.45, 2.75) is 40.5 Å². The van der Waals surface area contributed by atoms with E-state index in [2.05, 4.69) is 27.7 Å². The highest BCUT2D eigenvalue weighted by molar-refractivity contribution is 4.61. The molecular weight excluding hydrogens is 84.1 g/mol. The molecule has 0 amide bonds. The summed E-state index contributed by atoms with van der Waals surface area (Å²) in [7, 11) is 0. The van der Waals surface area contributed by atoms with E-state index in [1.807, 2.05) is 0 Å². The summed E-state index contributed by atoms with van der Waals surface area (Å²) in [4.78, 5) is 0. The first-order valence-corrected chi connectivity index (χ1v) is 3.12. The van der Waals surface area contributed by atoms with Crippen molar-refractivity contribution >= 4 is 0 Å². The molecule has 0 aliphatic rings. The predicted molar refractivity (Wildman–Crippen MR) is 44.9 cm³/mol. The van der Waals surface area contributed by atoms with Crippen LogP contribution in [0.15, 0.2) is 0 Å². The van der Waals surface area contributed by atoms with Crippen LogP contribution in [-0.4, -0.2) is 0 Å². The van der Waals surface area contributed by atoms with Crippen molar-refractivity contribution in [2.75, 3.05) is 0 Å². The van der Waals surface area contributed by atoms with Crippen LogP contribution in [-0.2, 0) is 0 Å². The minimum absolute atomic E-state index is 0. The summed E-state index contributed by atoms with van der Waals surface area (Å²) in [6, 6.07) is 0. The zero-order chi connectivity index (χ0) is 5.91. The van der Waals surface area contributed by atoms with Crippen molar-refractivity contribution in [3.63, 3.8) is 0 Å². The fourth-order valence-corrected chi connectivity index (χ4v) is 0.250. The molecule has 0 aromatic carbocycles. The monoisotopic (exact) mass is 110 g/mol. The largest absolute Gasteiger partial charge is 0.0649 e. The quantitative estimate of drug-likeness (QED) is 0.503. The van der Waals surface area contributed by atoms with Gasteiger partial charge >= 0.3 is 0 Å². The molecule has 0 aromatic rings. The van der Waals surface area contributed by atoms with Gasteiger partial charge in [-0.2, -0.15) is 0 Å². The Morgan fingerprint density at radius 2 is 1.43 bits per heavy atom. The Hall–Kier alpha value is 0. The predicted octanol–water partition coefficient (Wildman–Crippen LogP) is 4.06. The molecule has 0 fully saturated rings. The van der Waals surface area contributed by atoms with E-state index in [9.17, 15) is 0 Å². The normalized spacial score (nSPS) is 12.0. The standard InChI is InChI=1S/C7H16.5H2/c1-5-7(3,4)6-2;;;;;/h5-6H2,1-4H3;5*1H. The summed E-state index contributed by atoms with van der Waals surface area (Å²) in [5.74, 6) is 0. The van der Waals surface area contributed by atoms with Crippen molar-refractivity contribution in [3.05, 3.63) is 0 Å². The molecule has 0 nitrogen and oxygen atoms in total. The lowest BCUT2D eigenvalue weighted by Gasteiger charge is -2.18. The molecule has 0 atom stereocenters. The fourth-order valence-electron chi connectivity index (χ4n) is 0.250. The summed E-state index contributed by atoms with van der Waals surface area (Å²) in [5.41, 5.74) is 0.583. The molecule has 0 heterocycles. The average molecular weight is 110 g/mol. The van der Waals surface area contributed by atoms with Crippen LogP contribution in [0.5, 0.6) is 0 Å². The average Bonchev–Trinajstić information content (AvgIpc) is 1.68. The van der Waals surface area contributed by atoms with E-state index < -0.39 is 0 Å². The molecule has 0 unspecified atom stereocenters. The molecule has 7 heavy (non-hydrogen) atoms. The number of rotatable bonds is 2. The highest BCUT2D eigenvalue weighted by atomic mass is 14.1. The molecule has 0 aromatic heterocycles. The summed E-state index contributed by atoms with van der Waals surface area (Å²) in [5, 5.41) is 0. The van der Waals surface area contributed by atoms with Crippen LogP contribution in [0.4, 0.5) is 0 Å². The Kier molecular flexibility index (Phi) is 2.34. The smallest absolute Gasteiger partial charge is 0 e. The SMILES string of the molecule is CCC(C)(C)CC.[HH].[HH].[HH].[HH].[HH]. The Bertz CT molecular complexity index is 49.8. The summed E-state index contributed by atoms with van der Waals surface area (Å²) in [6.45, 7) is 9.08. The van der Waals surface area contributed by atoms with Crippen LogP contribution in [0, 0.1) is 5.41 Å².